The lowest BCUT2D eigenvalue weighted by molar-refractivity contribution is 0.145. The maximum Gasteiger partial charge on any atom is 0.122 e. The van der Waals surface area contributed by atoms with Gasteiger partial charge in [0.15, 0.2) is 0 Å². The van der Waals surface area contributed by atoms with Crippen LogP contribution in [0.25, 0.3) is 0 Å². The van der Waals surface area contributed by atoms with Gasteiger partial charge in [-0.3, -0.25) is 0 Å². The highest BCUT2D eigenvalue weighted by Crippen LogP contribution is 2.38. The van der Waals surface area contributed by atoms with Crippen LogP contribution in [0.4, 0.5) is 0 Å². The van der Waals surface area contributed by atoms with Crippen LogP contribution in [0, 0.1) is 0 Å². The van der Waals surface area contributed by atoms with Gasteiger partial charge in [-0.05, 0) is 31.0 Å². The summed E-state index contributed by atoms with van der Waals surface area (Å²) in [5, 5.41) is 3.61. The molecule has 0 radical (unpaired) electrons. The largest absolute Gasteiger partial charge is 0.491 e. The van der Waals surface area contributed by atoms with Crippen molar-refractivity contribution in [3.63, 3.8) is 0 Å². The van der Waals surface area contributed by atoms with E-state index in [1.165, 1.54) is 24.8 Å². The monoisotopic (exact) mass is 263 g/mol. The number of nitrogens with one attached hydrogen (secondary N) is 1. The topological polar surface area (TPSA) is 30.5 Å². The standard InChI is InChI=1S/C16H25NO2/c1-3-17-15-9-6-8-13(15)14-7-4-5-10-16(14)19-12-11-18-2/h4-5,7,10,13,15,17H,3,6,8-9,11-12H2,1-2H3. The fourth-order valence-corrected chi connectivity index (χ4v) is 2.99. The van der Waals surface area contributed by atoms with Crippen LogP contribution in [-0.4, -0.2) is 32.9 Å². The van der Waals surface area contributed by atoms with Gasteiger partial charge < -0.3 is 14.8 Å². The number of benzene rings is 1. The van der Waals surface area contributed by atoms with Crippen LogP contribution in [0.15, 0.2) is 24.3 Å². The van der Waals surface area contributed by atoms with E-state index in [1.807, 2.05) is 6.07 Å². The summed E-state index contributed by atoms with van der Waals surface area (Å²) >= 11 is 0. The summed E-state index contributed by atoms with van der Waals surface area (Å²) in [6.07, 6.45) is 3.82. The molecule has 1 aromatic rings. The SMILES string of the molecule is CCNC1CCCC1c1ccccc1OCCOC. The first-order valence-electron chi connectivity index (χ1n) is 7.30. The summed E-state index contributed by atoms with van der Waals surface area (Å²) < 4.78 is 10.9. The molecule has 3 heteroatoms. The minimum atomic E-state index is 0.582. The molecule has 2 unspecified atom stereocenters. The van der Waals surface area contributed by atoms with Gasteiger partial charge in [0.1, 0.15) is 12.4 Å². The smallest absolute Gasteiger partial charge is 0.122 e. The van der Waals surface area contributed by atoms with Crippen molar-refractivity contribution in [2.75, 3.05) is 26.9 Å². The predicted octanol–water partition coefficient (Wildman–Crippen LogP) is 2.96. The first-order valence-corrected chi connectivity index (χ1v) is 7.30. The lowest BCUT2D eigenvalue weighted by Gasteiger charge is -2.23. The van der Waals surface area contributed by atoms with Crippen molar-refractivity contribution in [1.82, 2.24) is 5.32 Å². The first kappa shape index (κ1) is 14.4. The molecule has 1 fully saturated rings. The molecule has 1 N–H and O–H groups in total. The highest BCUT2D eigenvalue weighted by atomic mass is 16.5. The molecule has 2 rings (SSSR count). The fourth-order valence-electron chi connectivity index (χ4n) is 2.99. The predicted molar refractivity (Wildman–Crippen MR) is 77.9 cm³/mol. The second-order valence-electron chi connectivity index (χ2n) is 5.08. The fraction of sp³-hybridized carbons (Fsp3) is 0.625. The Balaban J connectivity index is 2.09. The zero-order chi connectivity index (χ0) is 13.5. The molecule has 19 heavy (non-hydrogen) atoms. The number of hydrogen-bond donors (Lipinski definition) is 1. The van der Waals surface area contributed by atoms with Crippen LogP contribution in [-0.2, 0) is 4.74 Å². The second kappa shape index (κ2) is 7.51. The van der Waals surface area contributed by atoms with Gasteiger partial charge in [-0.15, -0.1) is 0 Å². The second-order valence-corrected chi connectivity index (χ2v) is 5.08. The minimum Gasteiger partial charge on any atom is -0.491 e. The van der Waals surface area contributed by atoms with Gasteiger partial charge >= 0.3 is 0 Å². The molecule has 2 atom stereocenters. The number of ether oxygens (including phenoxy) is 2. The van der Waals surface area contributed by atoms with Crippen molar-refractivity contribution in [2.45, 2.75) is 38.1 Å². The Morgan fingerprint density at radius 3 is 2.84 bits per heavy atom. The normalized spacial score (nSPS) is 22.6. The molecule has 3 nitrogen and oxygen atoms in total. The average molecular weight is 263 g/mol. The highest BCUT2D eigenvalue weighted by molar-refractivity contribution is 5.37. The average Bonchev–Trinajstić information content (AvgIpc) is 2.88. The van der Waals surface area contributed by atoms with Crippen LogP contribution < -0.4 is 10.1 Å². The van der Waals surface area contributed by atoms with Crippen LogP contribution >= 0.6 is 0 Å². The van der Waals surface area contributed by atoms with Gasteiger partial charge in [-0.25, -0.2) is 0 Å². The van der Waals surface area contributed by atoms with E-state index in [9.17, 15) is 0 Å². The number of likely N-dealkylation sites (N-methyl/N-ethyl adjacent to an activating group) is 1. The lowest BCUT2D eigenvalue weighted by Crippen LogP contribution is -2.31. The molecule has 0 amide bonds. The van der Waals surface area contributed by atoms with E-state index in [1.54, 1.807) is 7.11 Å². The quantitative estimate of drug-likeness (QED) is 0.767. The molecule has 106 valence electrons. The molecule has 0 heterocycles. The molecular formula is C16H25NO2. The molecule has 1 aromatic carbocycles. The van der Waals surface area contributed by atoms with Crippen molar-refractivity contribution < 1.29 is 9.47 Å². The van der Waals surface area contributed by atoms with Crippen molar-refractivity contribution in [1.29, 1.82) is 0 Å². The molecular weight excluding hydrogens is 238 g/mol. The summed E-state index contributed by atoms with van der Waals surface area (Å²) in [6, 6.07) is 9.04. The Hall–Kier alpha value is -1.06. The number of para-hydroxylation sites is 1. The summed E-state index contributed by atoms with van der Waals surface area (Å²) in [4.78, 5) is 0. The molecule has 1 saturated carbocycles. The number of rotatable bonds is 7. The van der Waals surface area contributed by atoms with Gasteiger partial charge in [0.2, 0.25) is 0 Å². The zero-order valence-electron chi connectivity index (χ0n) is 12.0. The van der Waals surface area contributed by atoms with Gasteiger partial charge in [0, 0.05) is 19.1 Å². The van der Waals surface area contributed by atoms with Crippen LogP contribution in [0.3, 0.4) is 0 Å². The zero-order valence-corrected chi connectivity index (χ0v) is 12.0. The van der Waals surface area contributed by atoms with Gasteiger partial charge in [0.05, 0.1) is 6.61 Å². The molecule has 0 spiro atoms. The first-order chi connectivity index (χ1) is 9.36. The van der Waals surface area contributed by atoms with E-state index in [4.69, 9.17) is 9.47 Å². The maximum atomic E-state index is 5.86. The van der Waals surface area contributed by atoms with Gasteiger partial charge in [-0.1, -0.05) is 31.5 Å². The van der Waals surface area contributed by atoms with E-state index in [0.717, 1.165) is 12.3 Å². The van der Waals surface area contributed by atoms with Gasteiger partial charge in [-0.2, -0.15) is 0 Å². The van der Waals surface area contributed by atoms with Crippen LogP contribution in [0.5, 0.6) is 5.75 Å². The molecule has 0 aliphatic heterocycles. The summed E-state index contributed by atoms with van der Waals surface area (Å²) in [5.74, 6) is 1.60. The maximum absolute atomic E-state index is 5.86. The number of hydrogen-bond acceptors (Lipinski definition) is 3. The Morgan fingerprint density at radius 1 is 1.21 bits per heavy atom. The molecule has 1 aliphatic rings. The van der Waals surface area contributed by atoms with Crippen molar-refractivity contribution >= 4 is 0 Å². The van der Waals surface area contributed by atoms with Gasteiger partial charge in [0.25, 0.3) is 0 Å². The van der Waals surface area contributed by atoms with Crippen molar-refractivity contribution in [3.05, 3.63) is 29.8 Å². The summed E-state index contributed by atoms with van der Waals surface area (Å²) in [5.41, 5.74) is 1.35. The minimum absolute atomic E-state index is 0.582. The molecule has 0 aromatic heterocycles. The third-order valence-corrected chi connectivity index (χ3v) is 3.85. The van der Waals surface area contributed by atoms with E-state index >= 15 is 0 Å². The third kappa shape index (κ3) is 3.71. The lowest BCUT2D eigenvalue weighted by atomic mass is 9.93. The van der Waals surface area contributed by atoms with Crippen LogP contribution in [0.2, 0.25) is 0 Å². The van der Waals surface area contributed by atoms with E-state index in [2.05, 4.69) is 30.4 Å². The molecule has 0 bridgehead atoms. The Bertz CT molecular complexity index is 381. The number of methoxy groups -OCH3 is 1. The van der Waals surface area contributed by atoms with Crippen molar-refractivity contribution in [2.24, 2.45) is 0 Å². The molecule has 0 saturated heterocycles. The Morgan fingerprint density at radius 2 is 2.05 bits per heavy atom. The van der Waals surface area contributed by atoms with E-state index in [-0.39, 0.29) is 0 Å². The summed E-state index contributed by atoms with van der Waals surface area (Å²) in [6.45, 7) is 4.46. The van der Waals surface area contributed by atoms with Crippen LogP contribution in [0.1, 0.15) is 37.7 Å². The molecule has 1 aliphatic carbocycles. The summed E-state index contributed by atoms with van der Waals surface area (Å²) in [7, 11) is 1.70. The third-order valence-electron chi connectivity index (χ3n) is 3.85. The Kier molecular flexibility index (Phi) is 5.67. The highest BCUT2D eigenvalue weighted by Gasteiger charge is 2.29. The van der Waals surface area contributed by atoms with E-state index < -0.39 is 0 Å². The van der Waals surface area contributed by atoms with E-state index in [0.29, 0.717) is 25.2 Å². The van der Waals surface area contributed by atoms with Crippen molar-refractivity contribution in [3.8, 4) is 5.75 Å². The Labute approximate surface area is 116 Å².